The molecule has 3 amide bonds. The molecule has 7 aromatic rings. The van der Waals surface area contributed by atoms with Gasteiger partial charge in [-0.1, -0.05) is 121 Å². The molecule has 4 N–H and O–H groups in total. The molecule has 2 aromatic heterocycles. The normalized spacial score (nSPS) is 12.4. The van der Waals surface area contributed by atoms with Crippen LogP contribution < -0.4 is 20.7 Å². The molecule has 0 radical (unpaired) electrons. The topological polar surface area (TPSA) is 178 Å². The first-order chi connectivity index (χ1) is 30.4. The zero-order valence-electron chi connectivity index (χ0n) is 35.1. The van der Waals surface area contributed by atoms with Crippen LogP contribution in [-0.4, -0.2) is 67.6 Å². The van der Waals surface area contributed by atoms with Crippen LogP contribution in [0.1, 0.15) is 59.2 Å². The van der Waals surface area contributed by atoms with Crippen molar-refractivity contribution >= 4 is 23.7 Å². The van der Waals surface area contributed by atoms with Gasteiger partial charge in [-0.2, -0.15) is 0 Å². The van der Waals surface area contributed by atoms with Crippen LogP contribution in [0.25, 0.3) is 11.5 Å². The molecule has 2 atom stereocenters. The summed E-state index contributed by atoms with van der Waals surface area (Å²) < 4.78 is 13.4. The quantitative estimate of drug-likeness (QED) is 0.0716. The van der Waals surface area contributed by atoms with E-state index in [9.17, 15) is 24.3 Å². The van der Waals surface area contributed by atoms with E-state index in [4.69, 9.17) is 9.15 Å². The monoisotopic (exact) mass is 844 g/mol. The smallest absolute Gasteiger partial charge is 0.326 e. The van der Waals surface area contributed by atoms with Gasteiger partial charge in [-0.25, -0.2) is 14.8 Å². The molecule has 0 spiro atoms. The molecule has 0 aliphatic rings. The Morgan fingerprint density at radius 2 is 1.27 bits per heavy atom. The molecule has 13 heteroatoms. The summed E-state index contributed by atoms with van der Waals surface area (Å²) in [7, 11) is 0. The minimum Gasteiger partial charge on any atom is -0.488 e. The fourth-order valence-electron chi connectivity index (χ4n) is 7.40. The third kappa shape index (κ3) is 10.6. The van der Waals surface area contributed by atoms with Crippen molar-refractivity contribution < 1.29 is 33.4 Å². The number of hydrogen-bond donors (Lipinski definition) is 4. The molecular weight excluding hydrogens is 797 g/mol. The van der Waals surface area contributed by atoms with Crippen LogP contribution in [0.2, 0.25) is 0 Å². The minimum atomic E-state index is -1.38. The first-order valence-electron chi connectivity index (χ1n) is 20.5. The van der Waals surface area contributed by atoms with Crippen molar-refractivity contribution in [3.05, 3.63) is 198 Å². The number of benzene rings is 5. The molecule has 0 saturated carbocycles. The molecule has 0 saturated heterocycles. The number of carboxylic acids is 1. The summed E-state index contributed by atoms with van der Waals surface area (Å²) in [4.78, 5) is 62.1. The van der Waals surface area contributed by atoms with Gasteiger partial charge in [0.25, 0.3) is 5.91 Å². The van der Waals surface area contributed by atoms with Crippen LogP contribution in [0.3, 0.4) is 0 Å². The highest BCUT2D eigenvalue weighted by atomic mass is 16.5. The molecule has 320 valence electrons. The highest BCUT2D eigenvalue weighted by molar-refractivity contribution is 5.97. The van der Waals surface area contributed by atoms with E-state index < -0.39 is 53.5 Å². The first kappa shape index (κ1) is 43.3. The number of imidazole rings is 1. The molecule has 2 heterocycles. The van der Waals surface area contributed by atoms with E-state index in [0.29, 0.717) is 22.6 Å². The summed E-state index contributed by atoms with van der Waals surface area (Å²) in [5.41, 5.74) is 3.34. The SMILES string of the molecule is CC(C)(C)Oc1ccc(C[C@H](NC(=O)c2coc(-c3ccccc3)n2)C(=O)NCC(=O)N[C@@H](Cc2cn(C(c3ccccc3)(c3ccccc3)c3ccccc3)cn2)C(=O)O)cc1. The Balaban J connectivity index is 1.06. The van der Waals surface area contributed by atoms with Gasteiger partial charge in [0, 0.05) is 24.6 Å². The zero-order valence-corrected chi connectivity index (χ0v) is 35.1. The van der Waals surface area contributed by atoms with Gasteiger partial charge in [-0.3, -0.25) is 14.4 Å². The van der Waals surface area contributed by atoms with Crippen molar-refractivity contribution in [3.8, 4) is 17.2 Å². The van der Waals surface area contributed by atoms with Crippen molar-refractivity contribution in [1.82, 2.24) is 30.5 Å². The lowest BCUT2D eigenvalue weighted by molar-refractivity contribution is -0.141. The van der Waals surface area contributed by atoms with Gasteiger partial charge in [-0.05, 0) is 67.3 Å². The Morgan fingerprint density at radius 3 is 1.81 bits per heavy atom. The molecule has 7 rings (SSSR count). The third-order valence-electron chi connectivity index (χ3n) is 10.2. The summed E-state index contributed by atoms with van der Waals surface area (Å²) >= 11 is 0. The highest BCUT2D eigenvalue weighted by Crippen LogP contribution is 2.40. The van der Waals surface area contributed by atoms with Crippen LogP contribution in [-0.2, 0) is 32.8 Å². The van der Waals surface area contributed by atoms with Gasteiger partial charge in [0.05, 0.1) is 18.6 Å². The van der Waals surface area contributed by atoms with Gasteiger partial charge in [-0.15, -0.1) is 0 Å². The molecule has 5 aromatic carbocycles. The summed E-state index contributed by atoms with van der Waals surface area (Å²) in [6, 6.07) is 43.5. The maximum Gasteiger partial charge on any atom is 0.326 e. The number of oxazole rings is 1. The number of rotatable bonds is 17. The number of nitrogens with one attached hydrogen (secondary N) is 3. The Morgan fingerprint density at radius 1 is 0.714 bits per heavy atom. The lowest BCUT2D eigenvalue weighted by Gasteiger charge is -2.37. The first-order valence-corrected chi connectivity index (χ1v) is 20.5. The average Bonchev–Trinajstić information content (AvgIpc) is 3.98. The average molecular weight is 845 g/mol. The van der Waals surface area contributed by atoms with Gasteiger partial charge in [0.15, 0.2) is 5.69 Å². The predicted molar refractivity (Wildman–Crippen MR) is 237 cm³/mol. The van der Waals surface area contributed by atoms with Crippen molar-refractivity contribution in [2.75, 3.05) is 6.54 Å². The van der Waals surface area contributed by atoms with Crippen molar-refractivity contribution in [2.45, 2.75) is 56.8 Å². The lowest BCUT2D eigenvalue weighted by atomic mass is 9.77. The fourth-order valence-corrected chi connectivity index (χ4v) is 7.40. The summed E-state index contributed by atoms with van der Waals surface area (Å²) in [5, 5.41) is 18.1. The fraction of sp³-hybridized carbons (Fsp3) is 0.200. The number of ether oxygens (including phenoxy) is 1. The number of aromatic nitrogens is 3. The van der Waals surface area contributed by atoms with E-state index in [-0.39, 0.29) is 24.4 Å². The third-order valence-corrected chi connectivity index (χ3v) is 10.2. The van der Waals surface area contributed by atoms with Gasteiger partial charge in [0.1, 0.15) is 35.2 Å². The van der Waals surface area contributed by atoms with E-state index in [1.54, 1.807) is 48.9 Å². The number of carbonyl (C=O) groups excluding carboxylic acids is 3. The Kier molecular flexibility index (Phi) is 13.2. The van der Waals surface area contributed by atoms with Gasteiger partial charge in [0.2, 0.25) is 17.7 Å². The Bertz CT molecular complexity index is 2530. The second kappa shape index (κ2) is 19.3. The number of nitrogens with zero attached hydrogens (tertiary/aromatic N) is 3. The molecule has 0 bridgehead atoms. The summed E-state index contributed by atoms with van der Waals surface area (Å²) in [5.74, 6) is -2.51. The molecule has 13 nitrogen and oxygen atoms in total. The summed E-state index contributed by atoms with van der Waals surface area (Å²) in [6.07, 6.45) is 4.58. The number of carbonyl (C=O) groups is 4. The van der Waals surface area contributed by atoms with E-state index in [1.165, 1.54) is 6.26 Å². The number of aliphatic carboxylic acids is 1. The number of carboxylic acid groups (broad SMARTS) is 1. The maximum absolute atomic E-state index is 13.8. The Labute approximate surface area is 365 Å². The van der Waals surface area contributed by atoms with Gasteiger partial charge >= 0.3 is 5.97 Å². The number of hydrogen-bond acceptors (Lipinski definition) is 8. The molecule has 0 fully saturated rings. The summed E-state index contributed by atoms with van der Waals surface area (Å²) in [6.45, 7) is 5.23. The van der Waals surface area contributed by atoms with Crippen LogP contribution in [0, 0.1) is 0 Å². The standard InChI is InChI=1S/C50H48N6O7/c1-49(2,3)63-40-26-24-34(25-27-40)28-41(54-46(59)43-32-62-47(55-43)35-16-8-4-9-17-35)45(58)51-30-44(57)53-42(48(60)61)29-39-31-56(33-52-39)50(36-18-10-5-11-19-36,37-20-12-6-13-21-37)38-22-14-7-15-23-38/h4-27,31-33,41-42H,28-30H2,1-3H3,(H,51,58)(H,53,57)(H,54,59)(H,60,61)/t41-,42-/m0/s1. The van der Waals surface area contributed by atoms with E-state index in [1.807, 2.05) is 135 Å². The van der Waals surface area contributed by atoms with Crippen LogP contribution in [0.15, 0.2) is 169 Å². The minimum absolute atomic E-state index is 0.0430. The lowest BCUT2D eigenvalue weighted by Crippen LogP contribution is -2.51. The van der Waals surface area contributed by atoms with E-state index >= 15 is 0 Å². The second-order valence-electron chi connectivity index (χ2n) is 16.0. The van der Waals surface area contributed by atoms with Crippen molar-refractivity contribution in [2.24, 2.45) is 0 Å². The maximum atomic E-state index is 13.8. The van der Waals surface area contributed by atoms with Crippen LogP contribution in [0.4, 0.5) is 0 Å². The molecule has 63 heavy (non-hydrogen) atoms. The number of amides is 3. The van der Waals surface area contributed by atoms with Crippen molar-refractivity contribution in [3.63, 3.8) is 0 Å². The van der Waals surface area contributed by atoms with Crippen molar-refractivity contribution in [1.29, 1.82) is 0 Å². The zero-order chi connectivity index (χ0) is 44.4. The Hall–Kier alpha value is -7.80. The van der Waals surface area contributed by atoms with E-state index in [2.05, 4.69) is 25.9 Å². The predicted octanol–water partition coefficient (Wildman–Crippen LogP) is 6.83. The largest absolute Gasteiger partial charge is 0.488 e. The van der Waals surface area contributed by atoms with Crippen LogP contribution >= 0.6 is 0 Å². The molecular formula is C50H48N6O7. The van der Waals surface area contributed by atoms with E-state index in [0.717, 1.165) is 16.7 Å². The second-order valence-corrected chi connectivity index (χ2v) is 16.0. The highest BCUT2D eigenvalue weighted by Gasteiger charge is 2.38. The molecule has 0 unspecified atom stereocenters. The van der Waals surface area contributed by atoms with Gasteiger partial charge < -0.3 is 34.8 Å². The molecule has 0 aliphatic carbocycles. The van der Waals surface area contributed by atoms with Crippen LogP contribution in [0.5, 0.6) is 5.75 Å². The molecule has 0 aliphatic heterocycles.